The largest absolute Gasteiger partial charge is 0.508 e. The summed E-state index contributed by atoms with van der Waals surface area (Å²) in [5, 5.41) is 12.0. The van der Waals surface area contributed by atoms with Crippen LogP contribution in [0.5, 0.6) is 5.75 Å². The van der Waals surface area contributed by atoms with Gasteiger partial charge in [-0.2, -0.15) is 0 Å². The second-order valence-corrected chi connectivity index (χ2v) is 4.82. The Balaban J connectivity index is 2.29. The van der Waals surface area contributed by atoms with E-state index < -0.39 is 0 Å². The Labute approximate surface area is 113 Å². The van der Waals surface area contributed by atoms with Gasteiger partial charge in [-0.1, -0.05) is 13.8 Å². The molecular weight excluding hydrogens is 244 g/mol. The van der Waals surface area contributed by atoms with Gasteiger partial charge in [-0.15, -0.1) is 0 Å². The highest BCUT2D eigenvalue weighted by atomic mass is 16.5. The topological polar surface area (TPSA) is 84.6 Å². The summed E-state index contributed by atoms with van der Waals surface area (Å²) >= 11 is 0. The van der Waals surface area contributed by atoms with Crippen molar-refractivity contribution in [1.82, 2.24) is 5.32 Å². The second-order valence-electron chi connectivity index (χ2n) is 4.82. The molecule has 0 aliphatic heterocycles. The van der Waals surface area contributed by atoms with Crippen molar-refractivity contribution in [2.75, 3.05) is 25.5 Å². The highest BCUT2D eigenvalue weighted by Gasteiger charge is 2.09. The van der Waals surface area contributed by atoms with E-state index in [1.807, 2.05) is 0 Å². The van der Waals surface area contributed by atoms with Gasteiger partial charge in [-0.3, -0.25) is 4.79 Å². The number of phenols is 1. The molecule has 1 aromatic rings. The zero-order valence-electron chi connectivity index (χ0n) is 11.5. The van der Waals surface area contributed by atoms with E-state index in [0.29, 0.717) is 31.4 Å². The number of nitrogens with one attached hydrogen (secondary N) is 1. The molecule has 0 bridgehead atoms. The van der Waals surface area contributed by atoms with Crippen molar-refractivity contribution in [3.63, 3.8) is 0 Å². The zero-order valence-corrected chi connectivity index (χ0v) is 11.5. The Morgan fingerprint density at radius 1 is 1.42 bits per heavy atom. The highest BCUT2D eigenvalue weighted by molar-refractivity contribution is 5.99. The molecule has 19 heavy (non-hydrogen) atoms. The number of nitrogen functional groups attached to an aromatic ring is 1. The van der Waals surface area contributed by atoms with E-state index >= 15 is 0 Å². The summed E-state index contributed by atoms with van der Waals surface area (Å²) in [4.78, 5) is 11.8. The maximum atomic E-state index is 11.8. The van der Waals surface area contributed by atoms with Crippen molar-refractivity contribution in [3.05, 3.63) is 23.8 Å². The van der Waals surface area contributed by atoms with Crippen molar-refractivity contribution in [2.24, 2.45) is 5.92 Å². The number of rotatable bonds is 7. The number of phenolic OH excluding ortho intramolecular Hbond substituents is 1. The Morgan fingerprint density at radius 2 is 2.16 bits per heavy atom. The Kier molecular flexibility index (Phi) is 6.15. The summed E-state index contributed by atoms with van der Waals surface area (Å²) in [6, 6.07) is 4.30. The van der Waals surface area contributed by atoms with Crippen LogP contribution in [0.15, 0.2) is 18.2 Å². The van der Waals surface area contributed by atoms with Crippen molar-refractivity contribution in [3.8, 4) is 5.75 Å². The van der Waals surface area contributed by atoms with Gasteiger partial charge in [0.15, 0.2) is 0 Å². The van der Waals surface area contributed by atoms with E-state index in [9.17, 15) is 9.90 Å². The average Bonchev–Trinajstić information content (AvgIpc) is 2.36. The van der Waals surface area contributed by atoms with Crippen LogP contribution in [0.4, 0.5) is 5.69 Å². The molecule has 0 saturated carbocycles. The molecule has 0 radical (unpaired) electrons. The molecule has 0 fully saturated rings. The fourth-order valence-electron chi connectivity index (χ4n) is 1.49. The Morgan fingerprint density at radius 3 is 2.84 bits per heavy atom. The van der Waals surface area contributed by atoms with Crippen LogP contribution in [-0.4, -0.2) is 30.8 Å². The van der Waals surface area contributed by atoms with Crippen molar-refractivity contribution >= 4 is 11.6 Å². The van der Waals surface area contributed by atoms with Gasteiger partial charge in [0.05, 0.1) is 12.2 Å². The highest BCUT2D eigenvalue weighted by Crippen LogP contribution is 2.17. The maximum Gasteiger partial charge on any atom is 0.253 e. The van der Waals surface area contributed by atoms with Crippen molar-refractivity contribution in [1.29, 1.82) is 0 Å². The molecule has 0 unspecified atom stereocenters. The van der Waals surface area contributed by atoms with Crippen LogP contribution < -0.4 is 11.1 Å². The molecule has 1 rings (SSSR count). The molecule has 0 spiro atoms. The first-order valence-electron chi connectivity index (χ1n) is 6.45. The fraction of sp³-hybridized carbons (Fsp3) is 0.500. The zero-order chi connectivity index (χ0) is 14.3. The number of nitrogens with two attached hydrogens (primary N) is 1. The predicted molar refractivity (Wildman–Crippen MR) is 75.1 cm³/mol. The lowest BCUT2D eigenvalue weighted by Gasteiger charge is -2.09. The van der Waals surface area contributed by atoms with Crippen LogP contribution in [0.25, 0.3) is 0 Å². The van der Waals surface area contributed by atoms with Gasteiger partial charge in [0.1, 0.15) is 5.75 Å². The van der Waals surface area contributed by atoms with E-state index in [1.165, 1.54) is 18.2 Å². The fourth-order valence-corrected chi connectivity index (χ4v) is 1.49. The first kappa shape index (κ1) is 15.3. The van der Waals surface area contributed by atoms with E-state index in [2.05, 4.69) is 19.2 Å². The lowest BCUT2D eigenvalue weighted by molar-refractivity contribution is 0.0906. The van der Waals surface area contributed by atoms with Crippen molar-refractivity contribution in [2.45, 2.75) is 20.3 Å². The number of hydrogen-bond acceptors (Lipinski definition) is 4. The van der Waals surface area contributed by atoms with Gasteiger partial charge in [0.2, 0.25) is 0 Å². The molecule has 0 atom stereocenters. The minimum Gasteiger partial charge on any atom is -0.508 e. The first-order chi connectivity index (χ1) is 9.00. The van der Waals surface area contributed by atoms with E-state index in [0.717, 1.165) is 6.42 Å². The number of amides is 1. The van der Waals surface area contributed by atoms with Crippen LogP contribution >= 0.6 is 0 Å². The van der Waals surface area contributed by atoms with E-state index in [4.69, 9.17) is 10.5 Å². The normalized spacial score (nSPS) is 10.7. The van der Waals surface area contributed by atoms with Gasteiger partial charge in [0, 0.05) is 18.8 Å². The molecular formula is C14H22N2O3. The van der Waals surface area contributed by atoms with E-state index in [-0.39, 0.29) is 17.2 Å². The summed E-state index contributed by atoms with van der Waals surface area (Å²) in [6.07, 6.45) is 1.01. The predicted octanol–water partition coefficient (Wildman–Crippen LogP) is 1.77. The molecule has 4 N–H and O–H groups in total. The lowest BCUT2D eigenvalue weighted by atomic mass is 10.1. The maximum absolute atomic E-state index is 11.8. The molecule has 5 nitrogen and oxygen atoms in total. The number of aromatic hydroxyl groups is 1. The van der Waals surface area contributed by atoms with Gasteiger partial charge >= 0.3 is 0 Å². The molecule has 0 aliphatic rings. The van der Waals surface area contributed by atoms with Gasteiger partial charge in [0.25, 0.3) is 5.91 Å². The van der Waals surface area contributed by atoms with Gasteiger partial charge in [-0.25, -0.2) is 0 Å². The summed E-state index contributed by atoms with van der Waals surface area (Å²) in [7, 11) is 0. The molecule has 5 heteroatoms. The SMILES string of the molecule is CC(C)CCOCCNC(=O)c1cc(O)ccc1N. The number of carbonyl (C=O) groups excluding carboxylic acids is 1. The van der Waals surface area contributed by atoms with Gasteiger partial charge < -0.3 is 20.9 Å². The molecule has 106 valence electrons. The molecule has 0 aliphatic carbocycles. The monoisotopic (exact) mass is 266 g/mol. The third-order valence-electron chi connectivity index (χ3n) is 2.65. The average molecular weight is 266 g/mol. The Bertz CT molecular complexity index is 419. The third-order valence-corrected chi connectivity index (χ3v) is 2.65. The molecule has 1 amide bonds. The molecule has 0 heterocycles. The lowest BCUT2D eigenvalue weighted by Crippen LogP contribution is -2.28. The van der Waals surface area contributed by atoms with Crippen molar-refractivity contribution < 1.29 is 14.6 Å². The van der Waals surface area contributed by atoms with Crippen LogP contribution in [0, 0.1) is 5.92 Å². The van der Waals surface area contributed by atoms with Gasteiger partial charge in [-0.05, 0) is 30.5 Å². The van der Waals surface area contributed by atoms with E-state index in [1.54, 1.807) is 0 Å². The minimum absolute atomic E-state index is 0.0209. The molecule has 0 saturated heterocycles. The Hall–Kier alpha value is -1.75. The number of carbonyl (C=O) groups is 1. The summed E-state index contributed by atoms with van der Waals surface area (Å²) in [5.41, 5.74) is 6.30. The minimum atomic E-state index is -0.305. The van der Waals surface area contributed by atoms with Crippen LogP contribution in [0.2, 0.25) is 0 Å². The number of anilines is 1. The smallest absolute Gasteiger partial charge is 0.253 e. The summed E-state index contributed by atoms with van der Waals surface area (Å²) in [6.45, 7) is 5.86. The third kappa shape index (κ3) is 5.61. The van der Waals surface area contributed by atoms with Crippen LogP contribution in [0.3, 0.4) is 0 Å². The molecule has 1 aromatic carbocycles. The molecule has 0 aromatic heterocycles. The standard InChI is InChI=1S/C14H22N2O3/c1-10(2)5-7-19-8-6-16-14(18)12-9-11(17)3-4-13(12)15/h3-4,9-10,17H,5-8,15H2,1-2H3,(H,16,18). The van der Waals surface area contributed by atoms with Crippen LogP contribution in [0.1, 0.15) is 30.6 Å². The number of benzene rings is 1. The second kappa shape index (κ2) is 7.63. The summed E-state index contributed by atoms with van der Waals surface area (Å²) in [5.74, 6) is 0.329. The van der Waals surface area contributed by atoms with Crippen LogP contribution in [-0.2, 0) is 4.74 Å². The quantitative estimate of drug-likeness (QED) is 0.399. The number of hydrogen-bond donors (Lipinski definition) is 3. The first-order valence-corrected chi connectivity index (χ1v) is 6.45. The summed E-state index contributed by atoms with van der Waals surface area (Å²) < 4.78 is 5.39. The number of ether oxygens (including phenoxy) is 1.